The Morgan fingerprint density at radius 3 is 2.55 bits per heavy atom. The third-order valence-corrected chi connectivity index (χ3v) is 3.90. The molecule has 20 heavy (non-hydrogen) atoms. The number of hydroxylamine groups is 2. The Morgan fingerprint density at radius 1 is 1.05 bits per heavy atom. The summed E-state index contributed by atoms with van der Waals surface area (Å²) in [5.74, 6) is -0.678. The maximum absolute atomic E-state index is 5.80. The number of hydrogen-bond donors (Lipinski definition) is 0. The second-order valence-electron chi connectivity index (χ2n) is 5.62. The zero-order valence-corrected chi connectivity index (χ0v) is 11.4. The third kappa shape index (κ3) is 1.43. The Labute approximate surface area is 117 Å². The van der Waals surface area contributed by atoms with Crippen LogP contribution in [-0.4, -0.2) is 21.3 Å². The van der Waals surface area contributed by atoms with Crippen molar-refractivity contribution in [3.8, 4) is 0 Å². The van der Waals surface area contributed by atoms with E-state index in [1.807, 2.05) is 41.6 Å². The number of hydrogen-bond acceptors (Lipinski definition) is 4. The van der Waals surface area contributed by atoms with Crippen molar-refractivity contribution >= 4 is 5.71 Å². The molecular weight excluding hydrogens is 250 g/mol. The molecule has 3 heterocycles. The van der Waals surface area contributed by atoms with Crippen LogP contribution in [0.4, 0.5) is 0 Å². The van der Waals surface area contributed by atoms with Crippen LogP contribution < -0.4 is 0 Å². The minimum Gasteiger partial charge on any atom is -0.264 e. The highest BCUT2D eigenvalue weighted by Crippen LogP contribution is 2.56. The molecule has 0 spiro atoms. The first-order chi connectivity index (χ1) is 9.64. The maximum atomic E-state index is 5.80. The molecule has 2 aromatic rings. The van der Waals surface area contributed by atoms with Gasteiger partial charge in [0.2, 0.25) is 0 Å². The number of pyridine rings is 1. The van der Waals surface area contributed by atoms with Crippen LogP contribution >= 0.6 is 0 Å². The van der Waals surface area contributed by atoms with E-state index in [0.717, 1.165) is 16.8 Å². The van der Waals surface area contributed by atoms with Crippen molar-refractivity contribution in [2.75, 3.05) is 0 Å². The maximum Gasteiger partial charge on any atom is 0.287 e. The average Bonchev–Trinajstić information content (AvgIpc) is 3.18. The number of nitrogens with zero attached hydrogens (tertiary/aromatic N) is 3. The molecule has 4 heteroatoms. The smallest absolute Gasteiger partial charge is 0.264 e. The van der Waals surface area contributed by atoms with Gasteiger partial charge in [-0.25, -0.2) is 9.83 Å². The molecule has 0 amide bonds. The van der Waals surface area contributed by atoms with Gasteiger partial charge in [-0.3, -0.25) is 4.98 Å². The molecule has 4 rings (SSSR count). The Balaban J connectivity index is 1.83. The topological polar surface area (TPSA) is 40.8 Å². The quantitative estimate of drug-likeness (QED) is 0.784. The lowest BCUT2D eigenvalue weighted by molar-refractivity contribution is 0.128. The zero-order valence-electron chi connectivity index (χ0n) is 11.4. The standard InChI is InChI=1S/C16H15N3O/c1-15(2)14(12-7-4-3-5-8-12)18-16(19(15)20-16)13-9-6-10-17-11-13/h3-11H,1-2H3. The van der Waals surface area contributed by atoms with E-state index >= 15 is 0 Å². The van der Waals surface area contributed by atoms with E-state index in [9.17, 15) is 0 Å². The Bertz CT molecular complexity index is 681. The van der Waals surface area contributed by atoms with E-state index in [4.69, 9.17) is 9.83 Å². The van der Waals surface area contributed by atoms with Gasteiger partial charge < -0.3 is 0 Å². The summed E-state index contributed by atoms with van der Waals surface area (Å²) >= 11 is 0. The summed E-state index contributed by atoms with van der Waals surface area (Å²) in [6.45, 7) is 4.26. The lowest BCUT2D eigenvalue weighted by Crippen LogP contribution is -2.37. The molecule has 1 fully saturated rings. The predicted molar refractivity (Wildman–Crippen MR) is 75.9 cm³/mol. The summed E-state index contributed by atoms with van der Waals surface area (Å²) in [6.07, 6.45) is 3.57. The number of rotatable bonds is 2. The summed E-state index contributed by atoms with van der Waals surface area (Å²) in [5.41, 5.74) is 2.90. The average molecular weight is 265 g/mol. The van der Waals surface area contributed by atoms with Gasteiger partial charge in [0.25, 0.3) is 5.85 Å². The van der Waals surface area contributed by atoms with Crippen LogP contribution in [0, 0.1) is 0 Å². The predicted octanol–water partition coefficient (Wildman–Crippen LogP) is 2.72. The van der Waals surface area contributed by atoms with E-state index in [1.165, 1.54) is 0 Å². The first-order valence-electron chi connectivity index (χ1n) is 6.70. The zero-order chi connectivity index (χ0) is 13.8. The van der Waals surface area contributed by atoms with Crippen molar-refractivity contribution in [2.45, 2.75) is 25.2 Å². The molecule has 2 unspecified atom stereocenters. The molecule has 0 N–H and O–H groups in total. The van der Waals surface area contributed by atoms with Gasteiger partial charge in [-0.1, -0.05) is 30.3 Å². The number of aliphatic imine (C=N–C) groups is 1. The van der Waals surface area contributed by atoms with E-state index in [1.54, 1.807) is 6.20 Å². The molecule has 1 aromatic heterocycles. The lowest BCUT2D eigenvalue weighted by atomic mass is 9.93. The van der Waals surface area contributed by atoms with Crippen LogP contribution in [0.25, 0.3) is 0 Å². The normalized spacial score (nSPS) is 29.7. The number of benzene rings is 1. The Hall–Kier alpha value is -2.04. The molecular formula is C16H15N3O. The van der Waals surface area contributed by atoms with Crippen molar-refractivity contribution in [2.24, 2.45) is 4.99 Å². The first kappa shape index (κ1) is 11.8. The minimum absolute atomic E-state index is 0.253. The van der Waals surface area contributed by atoms with Crippen molar-refractivity contribution in [1.82, 2.24) is 10.0 Å². The molecule has 2 aliphatic heterocycles. The van der Waals surface area contributed by atoms with Crippen LogP contribution in [0.1, 0.15) is 25.0 Å². The van der Waals surface area contributed by atoms with Crippen molar-refractivity contribution in [1.29, 1.82) is 0 Å². The molecule has 1 aromatic carbocycles. The van der Waals surface area contributed by atoms with Gasteiger partial charge >= 0.3 is 0 Å². The van der Waals surface area contributed by atoms with Gasteiger partial charge in [-0.15, -0.1) is 5.06 Å². The highest BCUT2D eigenvalue weighted by Gasteiger charge is 2.69. The van der Waals surface area contributed by atoms with Gasteiger partial charge in [0.05, 0.1) is 11.3 Å². The molecule has 0 aliphatic carbocycles. The molecule has 0 saturated carbocycles. The van der Waals surface area contributed by atoms with E-state index in [2.05, 4.69) is 31.0 Å². The van der Waals surface area contributed by atoms with Gasteiger partial charge in [0.1, 0.15) is 0 Å². The van der Waals surface area contributed by atoms with Crippen LogP contribution in [0.3, 0.4) is 0 Å². The van der Waals surface area contributed by atoms with Crippen molar-refractivity contribution in [3.05, 3.63) is 66.0 Å². The highest BCUT2D eigenvalue weighted by molar-refractivity contribution is 6.08. The molecule has 0 bridgehead atoms. The molecule has 4 nitrogen and oxygen atoms in total. The van der Waals surface area contributed by atoms with Crippen LogP contribution in [0.15, 0.2) is 59.9 Å². The van der Waals surface area contributed by atoms with Gasteiger partial charge in [-0.2, -0.15) is 0 Å². The minimum atomic E-state index is -0.678. The van der Waals surface area contributed by atoms with Crippen LogP contribution in [0.5, 0.6) is 0 Å². The SMILES string of the molecule is CC1(C)C(c2ccccc2)=NC2(c3cccnc3)ON12. The lowest BCUT2D eigenvalue weighted by Gasteiger charge is -2.21. The Kier molecular flexibility index (Phi) is 2.20. The van der Waals surface area contributed by atoms with Gasteiger partial charge in [0.15, 0.2) is 0 Å². The summed E-state index contributed by atoms with van der Waals surface area (Å²) < 4.78 is 0. The monoisotopic (exact) mass is 265 g/mol. The fraction of sp³-hybridized carbons (Fsp3) is 0.250. The van der Waals surface area contributed by atoms with Gasteiger partial charge in [-0.05, 0) is 31.5 Å². The van der Waals surface area contributed by atoms with E-state index in [-0.39, 0.29) is 5.54 Å². The summed E-state index contributed by atoms with van der Waals surface area (Å²) in [5, 5.41) is 1.94. The largest absolute Gasteiger partial charge is 0.287 e. The summed E-state index contributed by atoms with van der Waals surface area (Å²) in [6, 6.07) is 14.2. The fourth-order valence-electron chi connectivity index (χ4n) is 2.85. The number of aromatic nitrogens is 1. The Morgan fingerprint density at radius 2 is 1.85 bits per heavy atom. The molecule has 100 valence electrons. The molecule has 1 saturated heterocycles. The summed E-state index contributed by atoms with van der Waals surface area (Å²) in [7, 11) is 0. The van der Waals surface area contributed by atoms with Crippen molar-refractivity contribution in [3.63, 3.8) is 0 Å². The summed E-state index contributed by atoms with van der Waals surface area (Å²) in [4.78, 5) is 14.8. The molecule has 0 radical (unpaired) electrons. The van der Waals surface area contributed by atoms with Gasteiger partial charge in [0, 0.05) is 18.0 Å². The second kappa shape index (κ2) is 3.75. The first-order valence-corrected chi connectivity index (χ1v) is 6.70. The second-order valence-corrected chi connectivity index (χ2v) is 5.62. The number of fused-ring (bicyclic) bond motifs is 1. The highest BCUT2D eigenvalue weighted by atomic mass is 16.9. The van der Waals surface area contributed by atoms with Crippen LogP contribution in [0.2, 0.25) is 0 Å². The van der Waals surface area contributed by atoms with E-state index < -0.39 is 5.85 Å². The van der Waals surface area contributed by atoms with E-state index in [0.29, 0.717) is 0 Å². The third-order valence-electron chi connectivity index (χ3n) is 3.90. The van der Waals surface area contributed by atoms with Crippen LogP contribution in [-0.2, 0) is 10.7 Å². The fourth-order valence-corrected chi connectivity index (χ4v) is 2.85. The molecule has 2 atom stereocenters. The van der Waals surface area contributed by atoms with Crippen molar-refractivity contribution < 1.29 is 4.84 Å². The molecule has 2 aliphatic rings.